The lowest BCUT2D eigenvalue weighted by molar-refractivity contribution is -0.167. The molecule has 0 radical (unpaired) electrons. The van der Waals surface area contributed by atoms with E-state index in [2.05, 4.69) is 27.7 Å². The second-order valence-electron chi connectivity index (χ2n) is 13.0. The molecular weight excluding hydrogens is 540 g/mol. The van der Waals surface area contributed by atoms with E-state index in [-0.39, 0.29) is 31.1 Å². The number of hydrogen-bond donors (Lipinski definition) is 0. The molecule has 6 heteroatoms. The van der Waals surface area contributed by atoms with Crippen LogP contribution in [0.5, 0.6) is 0 Å². The fraction of sp³-hybridized carbons (Fsp3) is 0.919. The molecule has 0 saturated heterocycles. The van der Waals surface area contributed by atoms with Gasteiger partial charge in [-0.25, -0.2) is 0 Å². The van der Waals surface area contributed by atoms with Gasteiger partial charge >= 0.3 is 17.9 Å². The number of carbonyl (C=O) groups excluding carboxylic acids is 3. The largest absolute Gasteiger partial charge is 0.462 e. The SMILES string of the molecule is CCCCCCCCCCCC(=O)OC[C@H](COC(=O)CCCCCCCCC(C)C)OC(=O)CCCCCCCCC. The first kappa shape index (κ1) is 41.4. The molecule has 0 aliphatic heterocycles. The van der Waals surface area contributed by atoms with Crippen LogP contribution in [0.15, 0.2) is 0 Å². The summed E-state index contributed by atoms with van der Waals surface area (Å²) in [5.74, 6) is -0.117. The molecule has 0 aromatic rings. The Morgan fingerprint density at radius 1 is 0.442 bits per heavy atom. The Kier molecular flexibility index (Phi) is 30.6. The molecule has 0 unspecified atom stereocenters. The van der Waals surface area contributed by atoms with Gasteiger partial charge in [0.1, 0.15) is 13.2 Å². The quantitative estimate of drug-likeness (QED) is 0.0428. The lowest BCUT2D eigenvalue weighted by atomic mass is 10.0. The summed E-state index contributed by atoms with van der Waals surface area (Å²) in [6.07, 6.45) is 26.8. The van der Waals surface area contributed by atoms with Gasteiger partial charge in [-0.15, -0.1) is 0 Å². The van der Waals surface area contributed by atoms with Gasteiger partial charge in [-0.3, -0.25) is 14.4 Å². The lowest BCUT2D eigenvalue weighted by Crippen LogP contribution is -2.30. The molecule has 0 saturated carbocycles. The van der Waals surface area contributed by atoms with E-state index in [1.807, 2.05) is 0 Å². The van der Waals surface area contributed by atoms with Crippen molar-refractivity contribution in [3.05, 3.63) is 0 Å². The highest BCUT2D eigenvalue weighted by Crippen LogP contribution is 2.14. The molecule has 6 nitrogen and oxygen atoms in total. The Morgan fingerprint density at radius 3 is 1.14 bits per heavy atom. The third kappa shape index (κ3) is 31.6. The first-order valence-electron chi connectivity index (χ1n) is 18.4. The van der Waals surface area contributed by atoms with Crippen LogP contribution in [0.2, 0.25) is 0 Å². The Morgan fingerprint density at radius 2 is 0.767 bits per heavy atom. The van der Waals surface area contributed by atoms with Crippen molar-refractivity contribution < 1.29 is 28.6 Å². The van der Waals surface area contributed by atoms with Gasteiger partial charge in [0, 0.05) is 19.3 Å². The minimum absolute atomic E-state index is 0.0668. The zero-order valence-corrected chi connectivity index (χ0v) is 28.9. The maximum Gasteiger partial charge on any atom is 0.306 e. The third-order valence-corrected chi connectivity index (χ3v) is 8.04. The highest BCUT2D eigenvalue weighted by Gasteiger charge is 2.19. The van der Waals surface area contributed by atoms with Crippen molar-refractivity contribution >= 4 is 17.9 Å². The summed E-state index contributed by atoms with van der Waals surface area (Å²) >= 11 is 0. The van der Waals surface area contributed by atoms with Gasteiger partial charge in [-0.05, 0) is 25.2 Å². The summed E-state index contributed by atoms with van der Waals surface area (Å²) in [4.78, 5) is 37.1. The zero-order valence-electron chi connectivity index (χ0n) is 28.9. The fourth-order valence-corrected chi connectivity index (χ4v) is 5.21. The van der Waals surface area contributed by atoms with E-state index >= 15 is 0 Å². The normalized spacial score (nSPS) is 11.9. The molecular formula is C37H70O6. The Balaban J connectivity index is 4.34. The van der Waals surface area contributed by atoms with E-state index in [1.54, 1.807) is 0 Å². The predicted octanol–water partition coefficient (Wildman–Crippen LogP) is 10.8. The van der Waals surface area contributed by atoms with Gasteiger partial charge in [0.05, 0.1) is 0 Å². The third-order valence-electron chi connectivity index (χ3n) is 8.04. The first-order valence-corrected chi connectivity index (χ1v) is 18.4. The summed E-state index contributed by atoms with van der Waals surface area (Å²) < 4.78 is 16.5. The average Bonchev–Trinajstić information content (AvgIpc) is 2.98. The second kappa shape index (κ2) is 31.8. The van der Waals surface area contributed by atoms with Crippen LogP contribution in [0.3, 0.4) is 0 Å². The highest BCUT2D eigenvalue weighted by atomic mass is 16.6. The zero-order chi connectivity index (χ0) is 31.8. The summed E-state index contributed by atoms with van der Waals surface area (Å²) in [5.41, 5.74) is 0. The summed E-state index contributed by atoms with van der Waals surface area (Å²) in [6, 6.07) is 0. The number of esters is 3. The van der Waals surface area contributed by atoms with E-state index in [1.165, 1.54) is 89.9 Å². The number of rotatable bonds is 32. The van der Waals surface area contributed by atoms with Crippen molar-refractivity contribution in [3.8, 4) is 0 Å². The van der Waals surface area contributed by atoms with Crippen molar-refractivity contribution in [1.29, 1.82) is 0 Å². The average molecular weight is 611 g/mol. The number of ether oxygens (including phenoxy) is 3. The van der Waals surface area contributed by atoms with Crippen molar-refractivity contribution in [2.45, 2.75) is 201 Å². The molecule has 0 N–H and O–H groups in total. The van der Waals surface area contributed by atoms with Gasteiger partial charge in [0.15, 0.2) is 6.10 Å². The van der Waals surface area contributed by atoms with Gasteiger partial charge in [-0.1, -0.05) is 156 Å². The number of carbonyl (C=O) groups is 3. The molecule has 0 aromatic carbocycles. The van der Waals surface area contributed by atoms with Crippen LogP contribution in [0.4, 0.5) is 0 Å². The van der Waals surface area contributed by atoms with Crippen molar-refractivity contribution in [2.24, 2.45) is 5.92 Å². The van der Waals surface area contributed by atoms with Crippen LogP contribution < -0.4 is 0 Å². The molecule has 0 bridgehead atoms. The molecule has 1 atom stereocenters. The van der Waals surface area contributed by atoms with E-state index in [0.717, 1.165) is 63.7 Å². The topological polar surface area (TPSA) is 78.9 Å². The van der Waals surface area contributed by atoms with Gasteiger partial charge in [-0.2, -0.15) is 0 Å². The molecule has 0 aliphatic carbocycles. The first-order chi connectivity index (χ1) is 20.9. The second-order valence-corrected chi connectivity index (χ2v) is 13.0. The molecule has 0 fully saturated rings. The molecule has 0 aromatic heterocycles. The number of unbranched alkanes of at least 4 members (excludes halogenated alkanes) is 19. The highest BCUT2D eigenvalue weighted by molar-refractivity contribution is 5.71. The van der Waals surface area contributed by atoms with Crippen molar-refractivity contribution in [2.75, 3.05) is 13.2 Å². The maximum absolute atomic E-state index is 12.5. The van der Waals surface area contributed by atoms with E-state index in [4.69, 9.17) is 14.2 Å². The molecule has 43 heavy (non-hydrogen) atoms. The molecule has 0 heterocycles. The minimum Gasteiger partial charge on any atom is -0.462 e. The van der Waals surface area contributed by atoms with Crippen LogP contribution in [-0.4, -0.2) is 37.2 Å². The monoisotopic (exact) mass is 611 g/mol. The molecule has 0 aliphatic rings. The van der Waals surface area contributed by atoms with Crippen LogP contribution in [0.25, 0.3) is 0 Å². The van der Waals surface area contributed by atoms with Crippen LogP contribution in [0.1, 0.15) is 195 Å². The van der Waals surface area contributed by atoms with Gasteiger partial charge in [0.2, 0.25) is 0 Å². The summed E-state index contributed by atoms with van der Waals surface area (Å²) in [7, 11) is 0. The Labute approximate surface area is 266 Å². The van der Waals surface area contributed by atoms with E-state index in [0.29, 0.717) is 19.3 Å². The smallest absolute Gasteiger partial charge is 0.306 e. The van der Waals surface area contributed by atoms with Crippen LogP contribution >= 0.6 is 0 Å². The predicted molar refractivity (Wildman–Crippen MR) is 178 cm³/mol. The van der Waals surface area contributed by atoms with Crippen LogP contribution in [-0.2, 0) is 28.6 Å². The van der Waals surface area contributed by atoms with E-state index < -0.39 is 6.10 Å². The van der Waals surface area contributed by atoms with Crippen LogP contribution in [0, 0.1) is 5.92 Å². The lowest BCUT2D eigenvalue weighted by Gasteiger charge is -2.18. The number of hydrogen-bond acceptors (Lipinski definition) is 6. The van der Waals surface area contributed by atoms with Crippen molar-refractivity contribution in [1.82, 2.24) is 0 Å². The van der Waals surface area contributed by atoms with Gasteiger partial charge < -0.3 is 14.2 Å². The van der Waals surface area contributed by atoms with E-state index in [9.17, 15) is 14.4 Å². The van der Waals surface area contributed by atoms with Crippen molar-refractivity contribution in [3.63, 3.8) is 0 Å². The maximum atomic E-state index is 12.5. The molecule has 0 spiro atoms. The Hall–Kier alpha value is -1.59. The minimum atomic E-state index is -0.756. The fourth-order valence-electron chi connectivity index (χ4n) is 5.21. The molecule has 254 valence electrons. The van der Waals surface area contributed by atoms with Gasteiger partial charge in [0.25, 0.3) is 0 Å². The molecule has 0 rings (SSSR count). The standard InChI is InChI=1S/C37H70O6/c1-5-7-9-11-13-14-16-20-24-28-35(38)41-31-34(43-37(40)30-26-22-15-12-10-8-6-2)32-42-36(39)29-25-21-18-17-19-23-27-33(3)4/h33-34H,5-32H2,1-4H3/t34-/m1/s1. The Bertz CT molecular complexity index is 647. The summed E-state index contributed by atoms with van der Waals surface area (Å²) in [6.45, 7) is 8.82. The summed E-state index contributed by atoms with van der Waals surface area (Å²) in [5, 5.41) is 0. The molecule has 0 amide bonds.